The minimum atomic E-state index is 0.456. The topological polar surface area (TPSA) is 30.7 Å². The third kappa shape index (κ3) is 2.44. The monoisotopic (exact) mass is 309 g/mol. The summed E-state index contributed by atoms with van der Waals surface area (Å²) in [6, 6.07) is 2.52. The molecule has 0 radical (unpaired) electrons. The first kappa shape index (κ1) is 14.2. The van der Waals surface area contributed by atoms with Crippen LogP contribution in [-0.4, -0.2) is 25.5 Å². The van der Waals surface area contributed by atoms with Crippen LogP contribution in [0, 0.1) is 6.92 Å². The Morgan fingerprint density at radius 2 is 2.30 bits per heavy atom. The molecule has 1 aliphatic carbocycles. The third-order valence-corrected chi connectivity index (χ3v) is 5.57. The lowest BCUT2D eigenvalue weighted by Crippen LogP contribution is -2.10. The highest BCUT2D eigenvalue weighted by molar-refractivity contribution is 7.99. The number of aryl methyl sites for hydroxylation is 1. The number of hydrogen-bond acceptors (Lipinski definition) is 3. The Labute approximate surface area is 129 Å². The van der Waals surface area contributed by atoms with Gasteiger partial charge < -0.3 is 4.57 Å². The van der Waals surface area contributed by atoms with Crippen LogP contribution in [0.2, 0.25) is 0 Å². The standard InChI is InChI=1S/C15H20ClN3S/c1-3-20-12-5-4-11(8-12)19-13(9-16)18-14-10(2)6-7-17-15(14)19/h6-7,11-12H,3-5,8-9H2,1-2H3. The molecule has 20 heavy (non-hydrogen) atoms. The van der Waals surface area contributed by atoms with Crippen molar-refractivity contribution in [2.24, 2.45) is 0 Å². The molecule has 1 fully saturated rings. The molecule has 1 saturated carbocycles. The van der Waals surface area contributed by atoms with Crippen LogP contribution >= 0.6 is 23.4 Å². The van der Waals surface area contributed by atoms with Crippen LogP contribution < -0.4 is 0 Å². The molecule has 0 bridgehead atoms. The zero-order valence-electron chi connectivity index (χ0n) is 12.0. The van der Waals surface area contributed by atoms with Crippen molar-refractivity contribution in [3.63, 3.8) is 0 Å². The number of nitrogens with zero attached hydrogens (tertiary/aromatic N) is 3. The highest BCUT2D eigenvalue weighted by Gasteiger charge is 2.29. The van der Waals surface area contributed by atoms with Crippen LogP contribution in [0.3, 0.4) is 0 Å². The van der Waals surface area contributed by atoms with Crippen molar-refractivity contribution >= 4 is 34.5 Å². The highest BCUT2D eigenvalue weighted by atomic mass is 35.5. The summed E-state index contributed by atoms with van der Waals surface area (Å²) < 4.78 is 2.30. The van der Waals surface area contributed by atoms with E-state index < -0.39 is 0 Å². The quantitative estimate of drug-likeness (QED) is 0.788. The van der Waals surface area contributed by atoms with Gasteiger partial charge in [-0.3, -0.25) is 0 Å². The van der Waals surface area contributed by atoms with Gasteiger partial charge in [0, 0.05) is 17.5 Å². The van der Waals surface area contributed by atoms with Crippen molar-refractivity contribution in [1.82, 2.24) is 14.5 Å². The third-order valence-electron chi connectivity index (χ3n) is 4.10. The van der Waals surface area contributed by atoms with E-state index in [0.29, 0.717) is 11.9 Å². The number of halogens is 1. The number of pyridine rings is 1. The van der Waals surface area contributed by atoms with E-state index in [1.165, 1.54) is 30.6 Å². The number of hydrogen-bond donors (Lipinski definition) is 0. The molecule has 0 N–H and O–H groups in total. The van der Waals surface area contributed by atoms with Gasteiger partial charge in [0.15, 0.2) is 5.65 Å². The lowest BCUT2D eigenvalue weighted by atomic mass is 10.2. The number of imidazole rings is 1. The minimum absolute atomic E-state index is 0.456. The summed E-state index contributed by atoms with van der Waals surface area (Å²) >= 11 is 8.19. The van der Waals surface area contributed by atoms with Gasteiger partial charge >= 0.3 is 0 Å². The van der Waals surface area contributed by atoms with E-state index >= 15 is 0 Å². The molecular weight excluding hydrogens is 290 g/mol. The summed E-state index contributed by atoms with van der Waals surface area (Å²) in [5, 5.41) is 0.774. The number of thioether (sulfide) groups is 1. The van der Waals surface area contributed by atoms with Gasteiger partial charge in [-0.15, -0.1) is 11.6 Å². The van der Waals surface area contributed by atoms with Gasteiger partial charge in [-0.25, -0.2) is 9.97 Å². The summed E-state index contributed by atoms with van der Waals surface area (Å²) in [5.74, 6) is 2.62. The Balaban J connectivity index is 2.00. The van der Waals surface area contributed by atoms with E-state index in [4.69, 9.17) is 16.6 Å². The Morgan fingerprint density at radius 3 is 3.05 bits per heavy atom. The second-order valence-electron chi connectivity index (χ2n) is 5.38. The van der Waals surface area contributed by atoms with Crippen LogP contribution in [0.25, 0.3) is 11.2 Å². The molecule has 3 rings (SSSR count). The summed E-state index contributed by atoms with van der Waals surface area (Å²) in [5.41, 5.74) is 3.19. The number of fused-ring (bicyclic) bond motifs is 1. The zero-order valence-corrected chi connectivity index (χ0v) is 13.5. The highest BCUT2D eigenvalue weighted by Crippen LogP contribution is 2.39. The Kier molecular flexibility index (Phi) is 4.22. The van der Waals surface area contributed by atoms with Crippen molar-refractivity contribution < 1.29 is 0 Å². The van der Waals surface area contributed by atoms with Gasteiger partial charge in [-0.2, -0.15) is 11.8 Å². The molecule has 0 aliphatic heterocycles. The molecule has 2 aromatic rings. The van der Waals surface area contributed by atoms with Gasteiger partial charge in [0.2, 0.25) is 0 Å². The fourth-order valence-corrected chi connectivity index (χ4v) is 4.49. The van der Waals surface area contributed by atoms with Crippen LogP contribution in [0.4, 0.5) is 0 Å². The summed E-state index contributed by atoms with van der Waals surface area (Å²) in [6.07, 6.45) is 5.59. The largest absolute Gasteiger partial charge is 0.309 e. The van der Waals surface area contributed by atoms with Gasteiger partial charge in [-0.05, 0) is 43.6 Å². The van der Waals surface area contributed by atoms with Crippen LogP contribution in [0.15, 0.2) is 12.3 Å². The predicted octanol–water partition coefficient (Wildman–Crippen LogP) is 4.33. The first-order valence-corrected chi connectivity index (χ1v) is 8.83. The van der Waals surface area contributed by atoms with Gasteiger partial charge in [0.25, 0.3) is 0 Å². The minimum Gasteiger partial charge on any atom is -0.309 e. The number of aromatic nitrogens is 3. The molecule has 1 aliphatic rings. The molecular formula is C15H20ClN3S. The maximum atomic E-state index is 6.12. The normalized spacial score (nSPS) is 22.8. The van der Waals surface area contributed by atoms with Crippen LogP contribution in [0.1, 0.15) is 43.6 Å². The SMILES string of the molecule is CCSC1CCC(n2c(CCl)nc3c(C)ccnc32)C1. The van der Waals surface area contributed by atoms with Crippen LogP contribution in [0.5, 0.6) is 0 Å². The first-order valence-electron chi connectivity index (χ1n) is 7.24. The van der Waals surface area contributed by atoms with E-state index in [1.807, 2.05) is 12.3 Å². The smallest absolute Gasteiger partial charge is 0.160 e. The summed E-state index contributed by atoms with van der Waals surface area (Å²) in [6.45, 7) is 4.32. The zero-order chi connectivity index (χ0) is 14.1. The summed E-state index contributed by atoms with van der Waals surface area (Å²) in [7, 11) is 0. The molecule has 0 saturated heterocycles. The molecule has 2 aromatic heterocycles. The predicted molar refractivity (Wildman–Crippen MR) is 86.6 cm³/mol. The van der Waals surface area contributed by atoms with E-state index in [-0.39, 0.29) is 0 Å². The van der Waals surface area contributed by atoms with E-state index in [1.54, 1.807) is 0 Å². The van der Waals surface area contributed by atoms with E-state index in [9.17, 15) is 0 Å². The van der Waals surface area contributed by atoms with E-state index in [2.05, 4.69) is 35.2 Å². The van der Waals surface area contributed by atoms with Crippen molar-refractivity contribution in [2.45, 2.75) is 50.3 Å². The molecule has 0 aromatic carbocycles. The lowest BCUT2D eigenvalue weighted by molar-refractivity contribution is 0.516. The van der Waals surface area contributed by atoms with Gasteiger partial charge in [-0.1, -0.05) is 6.92 Å². The maximum absolute atomic E-state index is 6.12. The van der Waals surface area contributed by atoms with Gasteiger partial charge in [0.05, 0.1) is 5.88 Å². The Morgan fingerprint density at radius 1 is 1.45 bits per heavy atom. The molecule has 2 atom stereocenters. The second kappa shape index (κ2) is 5.94. The number of rotatable bonds is 4. The average molecular weight is 310 g/mol. The van der Waals surface area contributed by atoms with Crippen molar-refractivity contribution in [3.05, 3.63) is 23.7 Å². The first-order chi connectivity index (χ1) is 9.74. The number of alkyl halides is 1. The molecule has 5 heteroatoms. The van der Waals surface area contributed by atoms with Crippen molar-refractivity contribution in [1.29, 1.82) is 0 Å². The molecule has 2 unspecified atom stereocenters. The fraction of sp³-hybridized carbons (Fsp3) is 0.600. The molecule has 3 nitrogen and oxygen atoms in total. The van der Waals surface area contributed by atoms with Crippen LogP contribution in [-0.2, 0) is 5.88 Å². The molecule has 2 heterocycles. The Bertz CT molecular complexity index is 610. The molecule has 0 amide bonds. The van der Waals surface area contributed by atoms with Gasteiger partial charge in [0.1, 0.15) is 11.3 Å². The van der Waals surface area contributed by atoms with Crippen molar-refractivity contribution in [2.75, 3.05) is 5.75 Å². The van der Waals surface area contributed by atoms with Crippen molar-refractivity contribution in [3.8, 4) is 0 Å². The summed E-state index contributed by atoms with van der Waals surface area (Å²) in [4.78, 5) is 9.27. The molecule has 108 valence electrons. The van der Waals surface area contributed by atoms with E-state index in [0.717, 1.165) is 22.2 Å². The maximum Gasteiger partial charge on any atom is 0.160 e. The second-order valence-corrected chi connectivity index (χ2v) is 7.22. The fourth-order valence-electron chi connectivity index (χ4n) is 3.17. The lowest BCUT2D eigenvalue weighted by Gasteiger charge is -2.15. The molecule has 0 spiro atoms. The Hall–Kier alpha value is -0.740. The average Bonchev–Trinajstić information content (AvgIpc) is 3.03.